The van der Waals surface area contributed by atoms with E-state index in [1.54, 1.807) is 4.90 Å². The van der Waals surface area contributed by atoms with Crippen LogP contribution in [0.25, 0.3) is 0 Å². The fourth-order valence-corrected chi connectivity index (χ4v) is 2.15. The van der Waals surface area contributed by atoms with Crippen LogP contribution in [-0.4, -0.2) is 35.0 Å². The molecule has 0 aromatic rings. The number of ether oxygens (including phenoxy) is 1. The summed E-state index contributed by atoms with van der Waals surface area (Å²) in [6.45, 7) is 9.91. The van der Waals surface area contributed by atoms with Gasteiger partial charge in [0.1, 0.15) is 5.60 Å². The Morgan fingerprint density at radius 3 is 2.33 bits per heavy atom. The number of Topliss-reactive ketones (excluding diaryl/α,β-unsaturated/α-hetero) is 1. The number of rotatable bonds is 2. The maximum absolute atomic E-state index is 12.1. The van der Waals surface area contributed by atoms with Gasteiger partial charge in [-0.2, -0.15) is 0 Å². The molecule has 0 N–H and O–H groups in total. The molecule has 0 saturated carbocycles. The molecule has 0 bridgehead atoms. The molecule has 0 spiro atoms. The van der Waals surface area contributed by atoms with Crippen molar-refractivity contribution < 1.29 is 14.3 Å². The molecular weight excluding hydrogens is 230 g/mol. The Hall–Kier alpha value is -1.06. The van der Waals surface area contributed by atoms with Crippen molar-refractivity contribution in [2.45, 2.75) is 65.5 Å². The van der Waals surface area contributed by atoms with Crippen molar-refractivity contribution in [1.29, 1.82) is 0 Å². The Morgan fingerprint density at radius 1 is 1.22 bits per heavy atom. The Labute approximate surface area is 110 Å². The molecule has 1 aliphatic rings. The van der Waals surface area contributed by atoms with E-state index < -0.39 is 5.60 Å². The van der Waals surface area contributed by atoms with Crippen LogP contribution in [0, 0.1) is 5.92 Å². The first-order valence-corrected chi connectivity index (χ1v) is 6.75. The average Bonchev–Trinajstić information content (AvgIpc) is 2.25. The summed E-state index contributed by atoms with van der Waals surface area (Å²) >= 11 is 0. The molecule has 1 rings (SSSR count). The van der Waals surface area contributed by atoms with E-state index in [4.69, 9.17) is 4.74 Å². The lowest BCUT2D eigenvalue weighted by molar-refractivity contribution is -0.128. The molecule has 1 aliphatic heterocycles. The van der Waals surface area contributed by atoms with Gasteiger partial charge in [0.25, 0.3) is 0 Å². The highest BCUT2D eigenvalue weighted by atomic mass is 16.6. The minimum absolute atomic E-state index is 0.0435. The summed E-state index contributed by atoms with van der Waals surface area (Å²) in [5.74, 6) is 0.0959. The summed E-state index contributed by atoms with van der Waals surface area (Å²) in [7, 11) is 0. The lowest BCUT2D eigenvalue weighted by Crippen LogP contribution is -2.50. The van der Waals surface area contributed by atoms with Gasteiger partial charge in [-0.15, -0.1) is 0 Å². The van der Waals surface area contributed by atoms with Gasteiger partial charge in [0.2, 0.25) is 0 Å². The molecule has 0 aliphatic carbocycles. The number of ketones is 1. The van der Waals surface area contributed by atoms with Gasteiger partial charge < -0.3 is 4.74 Å². The third-order valence-corrected chi connectivity index (χ3v) is 3.03. The van der Waals surface area contributed by atoms with Crippen LogP contribution in [0.1, 0.15) is 53.9 Å². The largest absolute Gasteiger partial charge is 0.444 e. The Morgan fingerprint density at radius 2 is 1.83 bits per heavy atom. The quantitative estimate of drug-likeness (QED) is 0.762. The topological polar surface area (TPSA) is 46.6 Å². The van der Waals surface area contributed by atoms with Crippen LogP contribution in [0.5, 0.6) is 0 Å². The molecular formula is C14H25NO3. The van der Waals surface area contributed by atoms with E-state index >= 15 is 0 Å². The van der Waals surface area contributed by atoms with Crippen LogP contribution >= 0.6 is 0 Å². The second-order valence-electron chi connectivity index (χ2n) is 6.24. The predicted molar refractivity (Wildman–Crippen MR) is 70.4 cm³/mol. The highest BCUT2D eigenvalue weighted by Gasteiger charge is 2.35. The smallest absolute Gasteiger partial charge is 0.410 e. The van der Waals surface area contributed by atoms with E-state index in [0.29, 0.717) is 6.54 Å². The predicted octanol–water partition coefficient (Wildman–Crippen LogP) is 3.00. The van der Waals surface area contributed by atoms with Gasteiger partial charge >= 0.3 is 6.09 Å². The summed E-state index contributed by atoms with van der Waals surface area (Å²) in [5.41, 5.74) is -0.514. The highest BCUT2D eigenvalue weighted by molar-refractivity contribution is 5.89. The van der Waals surface area contributed by atoms with Crippen molar-refractivity contribution in [2.75, 3.05) is 6.54 Å². The van der Waals surface area contributed by atoms with Gasteiger partial charge in [0.15, 0.2) is 5.78 Å². The average molecular weight is 255 g/mol. The SMILES string of the molecule is CC(C)C(=O)C1CCCCN1C(=O)OC(C)(C)C. The fourth-order valence-electron chi connectivity index (χ4n) is 2.15. The molecule has 18 heavy (non-hydrogen) atoms. The van der Waals surface area contributed by atoms with Gasteiger partial charge in [-0.3, -0.25) is 9.69 Å². The fraction of sp³-hybridized carbons (Fsp3) is 0.857. The van der Waals surface area contributed by atoms with Crippen molar-refractivity contribution in [3.63, 3.8) is 0 Å². The molecule has 1 heterocycles. The summed E-state index contributed by atoms with van der Waals surface area (Å²) in [6, 6.07) is -0.298. The van der Waals surface area contributed by atoms with E-state index in [-0.39, 0.29) is 23.8 Å². The third kappa shape index (κ3) is 4.00. The normalized spacial score (nSPS) is 21.0. The molecule has 0 radical (unpaired) electrons. The standard InChI is InChI=1S/C14H25NO3/c1-10(2)12(16)11-8-6-7-9-15(11)13(17)18-14(3,4)5/h10-11H,6-9H2,1-5H3. The molecule has 0 aromatic heterocycles. The van der Waals surface area contributed by atoms with Gasteiger partial charge in [-0.1, -0.05) is 13.8 Å². The lowest BCUT2D eigenvalue weighted by Gasteiger charge is -2.36. The van der Waals surface area contributed by atoms with Crippen LogP contribution in [-0.2, 0) is 9.53 Å². The van der Waals surface area contributed by atoms with Crippen molar-refractivity contribution in [1.82, 2.24) is 4.90 Å². The molecule has 1 saturated heterocycles. The monoisotopic (exact) mass is 255 g/mol. The molecule has 0 aromatic carbocycles. The molecule has 1 unspecified atom stereocenters. The van der Waals surface area contributed by atoms with Gasteiger partial charge in [0, 0.05) is 12.5 Å². The maximum Gasteiger partial charge on any atom is 0.410 e. The Balaban J connectivity index is 2.76. The van der Waals surface area contributed by atoms with Crippen molar-refractivity contribution in [2.24, 2.45) is 5.92 Å². The summed E-state index contributed by atoms with van der Waals surface area (Å²) in [6.07, 6.45) is 2.35. The third-order valence-electron chi connectivity index (χ3n) is 3.03. The van der Waals surface area contributed by atoms with E-state index in [9.17, 15) is 9.59 Å². The molecule has 104 valence electrons. The van der Waals surface area contributed by atoms with Crippen LogP contribution in [0.4, 0.5) is 4.79 Å². The van der Waals surface area contributed by atoms with Crippen LogP contribution in [0.2, 0.25) is 0 Å². The number of carbonyl (C=O) groups is 2. The minimum Gasteiger partial charge on any atom is -0.444 e. The maximum atomic E-state index is 12.1. The van der Waals surface area contributed by atoms with Crippen molar-refractivity contribution >= 4 is 11.9 Å². The molecule has 1 atom stereocenters. The lowest BCUT2D eigenvalue weighted by atomic mass is 9.93. The van der Waals surface area contributed by atoms with Gasteiger partial charge in [-0.25, -0.2) is 4.79 Å². The zero-order chi connectivity index (χ0) is 13.9. The molecule has 4 nitrogen and oxygen atoms in total. The highest BCUT2D eigenvalue weighted by Crippen LogP contribution is 2.22. The van der Waals surface area contributed by atoms with E-state index in [2.05, 4.69) is 0 Å². The van der Waals surface area contributed by atoms with E-state index in [1.807, 2.05) is 34.6 Å². The number of carbonyl (C=O) groups excluding carboxylic acids is 2. The zero-order valence-corrected chi connectivity index (χ0v) is 12.2. The summed E-state index contributed by atoms with van der Waals surface area (Å²) in [5, 5.41) is 0. The van der Waals surface area contributed by atoms with Crippen LogP contribution in [0.3, 0.4) is 0 Å². The Bertz CT molecular complexity index is 317. The van der Waals surface area contributed by atoms with Crippen LogP contribution in [0.15, 0.2) is 0 Å². The number of amides is 1. The zero-order valence-electron chi connectivity index (χ0n) is 12.2. The number of likely N-dealkylation sites (tertiary alicyclic amines) is 1. The van der Waals surface area contributed by atoms with Crippen molar-refractivity contribution in [3.05, 3.63) is 0 Å². The number of piperidine rings is 1. The van der Waals surface area contributed by atoms with E-state index in [1.165, 1.54) is 0 Å². The summed E-state index contributed by atoms with van der Waals surface area (Å²) in [4.78, 5) is 25.8. The second-order valence-corrected chi connectivity index (χ2v) is 6.24. The first-order chi connectivity index (χ1) is 8.22. The second kappa shape index (κ2) is 5.72. The first kappa shape index (κ1) is 15.0. The van der Waals surface area contributed by atoms with Gasteiger partial charge in [0.05, 0.1) is 6.04 Å². The van der Waals surface area contributed by atoms with E-state index in [0.717, 1.165) is 19.3 Å². The Kier molecular flexibility index (Phi) is 4.77. The molecule has 1 fully saturated rings. The van der Waals surface area contributed by atoms with Crippen molar-refractivity contribution in [3.8, 4) is 0 Å². The molecule has 4 heteroatoms. The van der Waals surface area contributed by atoms with Gasteiger partial charge in [-0.05, 0) is 40.0 Å². The minimum atomic E-state index is -0.514. The number of nitrogens with zero attached hydrogens (tertiary/aromatic N) is 1. The number of hydrogen-bond donors (Lipinski definition) is 0. The van der Waals surface area contributed by atoms with Crippen LogP contribution < -0.4 is 0 Å². The number of hydrogen-bond acceptors (Lipinski definition) is 3. The molecule has 1 amide bonds. The first-order valence-electron chi connectivity index (χ1n) is 6.75. The summed E-state index contributed by atoms with van der Waals surface area (Å²) < 4.78 is 5.37.